The van der Waals surface area contributed by atoms with Gasteiger partial charge in [-0.15, -0.1) is 0 Å². The van der Waals surface area contributed by atoms with Gasteiger partial charge in [-0.1, -0.05) is 15.9 Å². The average Bonchev–Trinajstić information content (AvgIpc) is 2.57. The zero-order valence-electron chi connectivity index (χ0n) is 9.03. The van der Waals surface area contributed by atoms with Crippen molar-refractivity contribution in [2.45, 2.75) is 0 Å². The Labute approximate surface area is 107 Å². The number of aromatic amines is 1. The van der Waals surface area contributed by atoms with Gasteiger partial charge in [-0.05, 0) is 18.2 Å². The second kappa shape index (κ2) is 4.27. The summed E-state index contributed by atoms with van der Waals surface area (Å²) in [6.45, 7) is 0. The van der Waals surface area contributed by atoms with Gasteiger partial charge in [0.05, 0.1) is 0 Å². The number of hydrogen-bond donors (Lipinski definition) is 1. The van der Waals surface area contributed by atoms with Gasteiger partial charge in [-0.2, -0.15) is 0 Å². The Morgan fingerprint density at radius 1 is 1.41 bits per heavy atom. The molecule has 0 aliphatic rings. The molecular formula is C11H10BrNO3S. The maximum atomic E-state index is 11.8. The standard InChI is InChI=1S/C11H10BrNO3S/c1-17(15,16)6-11(14)9-5-13-10-3-2-7(12)4-8(9)10/h2-5,13H,6H2,1H3. The molecule has 1 aromatic carbocycles. The van der Waals surface area contributed by atoms with Crippen molar-refractivity contribution in [3.63, 3.8) is 0 Å². The summed E-state index contributed by atoms with van der Waals surface area (Å²) in [5.41, 5.74) is 1.22. The van der Waals surface area contributed by atoms with Crippen molar-refractivity contribution in [1.29, 1.82) is 0 Å². The Balaban J connectivity index is 2.49. The van der Waals surface area contributed by atoms with E-state index in [2.05, 4.69) is 20.9 Å². The molecule has 0 radical (unpaired) electrons. The molecule has 1 aromatic heterocycles. The summed E-state index contributed by atoms with van der Waals surface area (Å²) < 4.78 is 23.0. The lowest BCUT2D eigenvalue weighted by Gasteiger charge is -1.98. The quantitative estimate of drug-likeness (QED) is 0.883. The number of fused-ring (bicyclic) bond motifs is 1. The van der Waals surface area contributed by atoms with Crippen LogP contribution in [0.15, 0.2) is 28.9 Å². The topological polar surface area (TPSA) is 67.0 Å². The molecule has 0 bridgehead atoms. The molecule has 0 saturated carbocycles. The van der Waals surface area contributed by atoms with Crippen molar-refractivity contribution in [3.05, 3.63) is 34.4 Å². The second-order valence-corrected chi connectivity index (χ2v) is 6.94. The van der Waals surface area contributed by atoms with Crippen LogP contribution in [0.4, 0.5) is 0 Å². The minimum atomic E-state index is -3.30. The van der Waals surface area contributed by atoms with Crippen molar-refractivity contribution in [3.8, 4) is 0 Å². The highest BCUT2D eigenvalue weighted by Gasteiger charge is 2.16. The van der Waals surface area contributed by atoms with Gasteiger partial charge in [-0.25, -0.2) is 8.42 Å². The first kappa shape index (κ1) is 12.3. The number of benzene rings is 1. The number of carbonyl (C=O) groups is 1. The number of Topliss-reactive ketones (excluding diaryl/α,β-unsaturated/α-hetero) is 1. The number of carbonyl (C=O) groups excluding carboxylic acids is 1. The average molecular weight is 316 g/mol. The van der Waals surface area contributed by atoms with Crippen molar-refractivity contribution < 1.29 is 13.2 Å². The second-order valence-electron chi connectivity index (χ2n) is 3.89. The fraction of sp³-hybridized carbons (Fsp3) is 0.182. The molecule has 0 atom stereocenters. The number of halogens is 1. The van der Waals surface area contributed by atoms with Crippen LogP contribution >= 0.6 is 15.9 Å². The van der Waals surface area contributed by atoms with Gasteiger partial charge >= 0.3 is 0 Å². The third kappa shape index (κ3) is 2.76. The van der Waals surface area contributed by atoms with E-state index in [0.717, 1.165) is 21.6 Å². The molecule has 17 heavy (non-hydrogen) atoms. The molecule has 0 aliphatic carbocycles. The van der Waals surface area contributed by atoms with E-state index in [1.54, 1.807) is 12.3 Å². The Bertz CT molecular complexity index is 688. The smallest absolute Gasteiger partial charge is 0.179 e. The first-order valence-corrected chi connectivity index (χ1v) is 7.70. The Kier molecular flexibility index (Phi) is 3.09. The molecule has 1 heterocycles. The van der Waals surface area contributed by atoms with Gasteiger partial charge in [-0.3, -0.25) is 4.79 Å². The molecule has 2 aromatic rings. The van der Waals surface area contributed by atoms with Crippen LogP contribution in [0.3, 0.4) is 0 Å². The minimum Gasteiger partial charge on any atom is -0.360 e. The molecule has 6 heteroatoms. The van der Waals surface area contributed by atoms with Crippen molar-refractivity contribution in [1.82, 2.24) is 4.98 Å². The summed E-state index contributed by atoms with van der Waals surface area (Å²) in [6.07, 6.45) is 2.60. The largest absolute Gasteiger partial charge is 0.360 e. The van der Waals surface area contributed by atoms with E-state index in [1.807, 2.05) is 12.1 Å². The van der Waals surface area contributed by atoms with E-state index in [0.29, 0.717) is 5.56 Å². The lowest BCUT2D eigenvalue weighted by molar-refractivity contribution is 0.102. The first-order valence-electron chi connectivity index (χ1n) is 4.84. The SMILES string of the molecule is CS(=O)(=O)CC(=O)c1c[nH]c2ccc(Br)cc12. The molecule has 1 N–H and O–H groups in total. The number of aromatic nitrogens is 1. The van der Waals surface area contributed by atoms with E-state index in [-0.39, 0.29) is 0 Å². The number of hydrogen-bond acceptors (Lipinski definition) is 3. The van der Waals surface area contributed by atoms with E-state index < -0.39 is 21.4 Å². The van der Waals surface area contributed by atoms with Gasteiger partial charge in [0, 0.05) is 33.4 Å². The summed E-state index contributed by atoms with van der Waals surface area (Å²) in [5.74, 6) is -0.858. The molecule has 0 amide bonds. The molecule has 2 rings (SSSR count). The summed E-state index contributed by atoms with van der Waals surface area (Å²) in [6, 6.07) is 5.47. The fourth-order valence-electron chi connectivity index (χ4n) is 1.64. The van der Waals surface area contributed by atoms with Crippen LogP contribution in [0.25, 0.3) is 10.9 Å². The van der Waals surface area contributed by atoms with Crippen molar-refractivity contribution >= 4 is 42.5 Å². The van der Waals surface area contributed by atoms with Gasteiger partial charge < -0.3 is 4.98 Å². The highest BCUT2D eigenvalue weighted by atomic mass is 79.9. The lowest BCUT2D eigenvalue weighted by Crippen LogP contribution is -2.14. The third-order valence-corrected chi connectivity index (χ3v) is 3.62. The predicted molar refractivity (Wildman–Crippen MR) is 70.0 cm³/mol. The number of sulfone groups is 1. The highest BCUT2D eigenvalue weighted by molar-refractivity contribution is 9.10. The molecule has 0 fully saturated rings. The molecular weight excluding hydrogens is 306 g/mol. The molecule has 4 nitrogen and oxygen atoms in total. The van der Waals surface area contributed by atoms with Crippen LogP contribution in [0, 0.1) is 0 Å². The van der Waals surface area contributed by atoms with E-state index >= 15 is 0 Å². The molecule has 0 unspecified atom stereocenters. The van der Waals surface area contributed by atoms with Crippen molar-refractivity contribution in [2.24, 2.45) is 0 Å². The molecule has 0 saturated heterocycles. The summed E-state index contributed by atoms with van der Waals surface area (Å²) in [7, 11) is -3.30. The monoisotopic (exact) mass is 315 g/mol. The maximum absolute atomic E-state index is 11.8. The molecule has 0 spiro atoms. The van der Waals surface area contributed by atoms with Crippen LogP contribution < -0.4 is 0 Å². The van der Waals surface area contributed by atoms with Crippen LogP contribution in [0.1, 0.15) is 10.4 Å². The number of rotatable bonds is 3. The Morgan fingerprint density at radius 3 is 2.76 bits per heavy atom. The number of H-pyrrole nitrogens is 1. The fourth-order valence-corrected chi connectivity index (χ4v) is 2.63. The van der Waals surface area contributed by atoms with E-state index in [4.69, 9.17) is 0 Å². The Hall–Kier alpha value is -1.14. The summed E-state index contributed by atoms with van der Waals surface area (Å²) in [4.78, 5) is 14.8. The highest BCUT2D eigenvalue weighted by Crippen LogP contribution is 2.23. The normalized spacial score (nSPS) is 11.9. The van der Waals surface area contributed by atoms with Crippen LogP contribution in [-0.4, -0.2) is 31.2 Å². The van der Waals surface area contributed by atoms with Crippen LogP contribution in [-0.2, 0) is 9.84 Å². The molecule has 0 aliphatic heterocycles. The van der Waals surface area contributed by atoms with E-state index in [1.165, 1.54) is 0 Å². The number of ketones is 1. The summed E-state index contributed by atoms with van der Waals surface area (Å²) >= 11 is 3.32. The van der Waals surface area contributed by atoms with Crippen LogP contribution in [0.5, 0.6) is 0 Å². The van der Waals surface area contributed by atoms with Gasteiger partial charge in [0.25, 0.3) is 0 Å². The molecule has 90 valence electrons. The van der Waals surface area contributed by atoms with Crippen LogP contribution in [0.2, 0.25) is 0 Å². The maximum Gasteiger partial charge on any atom is 0.179 e. The van der Waals surface area contributed by atoms with Gasteiger partial charge in [0.2, 0.25) is 0 Å². The number of nitrogens with one attached hydrogen (secondary N) is 1. The van der Waals surface area contributed by atoms with E-state index in [9.17, 15) is 13.2 Å². The van der Waals surface area contributed by atoms with Crippen molar-refractivity contribution in [2.75, 3.05) is 12.0 Å². The van der Waals surface area contributed by atoms with Gasteiger partial charge in [0.15, 0.2) is 15.6 Å². The zero-order chi connectivity index (χ0) is 12.6. The summed E-state index contributed by atoms with van der Waals surface area (Å²) in [5, 5.41) is 0.730. The lowest BCUT2D eigenvalue weighted by atomic mass is 10.1. The minimum absolute atomic E-state index is 0.392. The zero-order valence-corrected chi connectivity index (χ0v) is 11.4. The predicted octanol–water partition coefficient (Wildman–Crippen LogP) is 2.16. The van der Waals surface area contributed by atoms with Gasteiger partial charge in [0.1, 0.15) is 5.75 Å². The third-order valence-electron chi connectivity index (χ3n) is 2.34. The first-order chi connectivity index (χ1) is 7.87. The Morgan fingerprint density at radius 2 is 2.12 bits per heavy atom.